The van der Waals surface area contributed by atoms with E-state index in [1.165, 1.54) is 0 Å². The van der Waals surface area contributed by atoms with Crippen molar-refractivity contribution >= 4 is 29.9 Å². The normalized spacial score (nSPS) is 14.6. The molecule has 6 nitrogen and oxygen atoms in total. The van der Waals surface area contributed by atoms with E-state index in [0.717, 1.165) is 49.7 Å². The van der Waals surface area contributed by atoms with Crippen LogP contribution in [-0.2, 0) is 17.8 Å². The van der Waals surface area contributed by atoms with E-state index in [1.54, 1.807) is 26.1 Å². The molecular weight excluding hydrogens is 510 g/mol. The number of aliphatic imine (C=N–C) groups is 1. The predicted molar refractivity (Wildman–Crippen MR) is 133 cm³/mol. The molecule has 0 unspecified atom stereocenters. The number of nitrogens with one attached hydrogen (secondary N) is 2. The van der Waals surface area contributed by atoms with Gasteiger partial charge in [0.15, 0.2) is 5.96 Å². The van der Waals surface area contributed by atoms with E-state index >= 15 is 0 Å². The van der Waals surface area contributed by atoms with Crippen LogP contribution in [0.5, 0.6) is 5.75 Å². The number of nitrogens with zero attached hydrogens (tertiary/aromatic N) is 2. The highest BCUT2D eigenvalue weighted by Gasteiger charge is 2.11. The summed E-state index contributed by atoms with van der Waals surface area (Å²) in [6.45, 7) is 7.87. The highest BCUT2D eigenvalue weighted by Crippen LogP contribution is 2.18. The summed E-state index contributed by atoms with van der Waals surface area (Å²) in [7, 11) is 1.72. The summed E-state index contributed by atoms with van der Waals surface area (Å²) in [5.41, 5.74) is 2.57. The van der Waals surface area contributed by atoms with E-state index in [1.807, 2.05) is 30.3 Å². The molecule has 1 fully saturated rings. The van der Waals surface area contributed by atoms with E-state index in [4.69, 9.17) is 9.47 Å². The zero-order chi connectivity index (χ0) is 21.2. The summed E-state index contributed by atoms with van der Waals surface area (Å²) in [6, 6.07) is 13.3. The first-order chi connectivity index (χ1) is 14.7. The Kier molecular flexibility index (Phi) is 11.0. The summed E-state index contributed by atoms with van der Waals surface area (Å²) in [5, 5.41) is 6.52. The SMILES string of the molecule is CN=C(NCc1ccc(C)c(F)c1)NCc1ccccc1OCCN1CCOCC1.I. The Morgan fingerprint density at radius 3 is 2.61 bits per heavy atom. The van der Waals surface area contributed by atoms with E-state index in [9.17, 15) is 4.39 Å². The van der Waals surface area contributed by atoms with Crippen molar-refractivity contribution in [2.75, 3.05) is 46.5 Å². The minimum absolute atomic E-state index is 0. The highest BCUT2D eigenvalue weighted by atomic mass is 127. The van der Waals surface area contributed by atoms with Crippen molar-refractivity contribution in [1.29, 1.82) is 0 Å². The summed E-state index contributed by atoms with van der Waals surface area (Å²) < 4.78 is 25.1. The number of morpholine rings is 1. The minimum atomic E-state index is -0.194. The number of ether oxygens (including phenoxy) is 2. The van der Waals surface area contributed by atoms with E-state index < -0.39 is 0 Å². The largest absolute Gasteiger partial charge is 0.492 e. The van der Waals surface area contributed by atoms with Crippen LogP contribution in [0.1, 0.15) is 16.7 Å². The average Bonchev–Trinajstić information content (AvgIpc) is 2.78. The first kappa shape index (κ1) is 25.4. The third-order valence-electron chi connectivity index (χ3n) is 5.11. The number of aryl methyl sites for hydroxylation is 1. The Bertz CT molecular complexity index is 844. The molecule has 0 atom stereocenters. The molecule has 0 saturated carbocycles. The lowest BCUT2D eigenvalue weighted by molar-refractivity contribution is 0.0322. The lowest BCUT2D eigenvalue weighted by atomic mass is 10.1. The van der Waals surface area contributed by atoms with E-state index in [0.29, 0.717) is 31.2 Å². The van der Waals surface area contributed by atoms with E-state index in [2.05, 4.69) is 20.5 Å². The molecule has 8 heteroatoms. The number of hydrogen-bond donors (Lipinski definition) is 2. The maximum Gasteiger partial charge on any atom is 0.191 e. The molecule has 170 valence electrons. The molecule has 2 N–H and O–H groups in total. The van der Waals surface area contributed by atoms with Crippen molar-refractivity contribution in [2.45, 2.75) is 20.0 Å². The molecule has 0 radical (unpaired) electrons. The van der Waals surface area contributed by atoms with Gasteiger partial charge in [-0.25, -0.2) is 4.39 Å². The van der Waals surface area contributed by atoms with Gasteiger partial charge in [-0.2, -0.15) is 0 Å². The van der Waals surface area contributed by atoms with Crippen LogP contribution in [0.4, 0.5) is 4.39 Å². The van der Waals surface area contributed by atoms with Crippen molar-refractivity contribution in [3.8, 4) is 5.75 Å². The molecule has 3 rings (SSSR count). The van der Waals surface area contributed by atoms with Gasteiger partial charge in [0, 0.05) is 45.3 Å². The maximum absolute atomic E-state index is 13.7. The van der Waals surface area contributed by atoms with Crippen molar-refractivity contribution in [3.63, 3.8) is 0 Å². The molecule has 1 aliphatic heterocycles. The highest BCUT2D eigenvalue weighted by molar-refractivity contribution is 14.0. The van der Waals surface area contributed by atoms with Gasteiger partial charge in [-0.3, -0.25) is 9.89 Å². The minimum Gasteiger partial charge on any atom is -0.492 e. The van der Waals surface area contributed by atoms with Gasteiger partial charge in [-0.1, -0.05) is 30.3 Å². The fourth-order valence-corrected chi connectivity index (χ4v) is 3.23. The van der Waals surface area contributed by atoms with Gasteiger partial charge in [0.05, 0.1) is 13.2 Å². The van der Waals surface area contributed by atoms with Gasteiger partial charge in [0.25, 0.3) is 0 Å². The smallest absolute Gasteiger partial charge is 0.191 e. The second-order valence-corrected chi connectivity index (χ2v) is 7.27. The zero-order valence-corrected chi connectivity index (χ0v) is 20.5. The first-order valence-corrected chi connectivity index (χ1v) is 10.4. The van der Waals surface area contributed by atoms with Crippen LogP contribution >= 0.6 is 24.0 Å². The molecule has 0 aliphatic carbocycles. The number of para-hydroxylation sites is 1. The third-order valence-corrected chi connectivity index (χ3v) is 5.11. The van der Waals surface area contributed by atoms with Crippen LogP contribution < -0.4 is 15.4 Å². The Morgan fingerprint density at radius 2 is 1.87 bits per heavy atom. The molecule has 31 heavy (non-hydrogen) atoms. The molecule has 1 saturated heterocycles. The third kappa shape index (κ3) is 8.27. The number of hydrogen-bond acceptors (Lipinski definition) is 4. The number of benzene rings is 2. The molecule has 0 spiro atoms. The topological polar surface area (TPSA) is 58.1 Å². The van der Waals surface area contributed by atoms with Gasteiger partial charge in [-0.15, -0.1) is 24.0 Å². The standard InChI is InChI=1S/C23H31FN4O2.HI/c1-18-7-8-19(15-21(18)24)16-26-23(25-2)27-17-20-5-3-4-6-22(20)30-14-11-28-9-12-29-13-10-28;/h3-8,15H,9-14,16-17H2,1-2H3,(H2,25,26,27);1H. The Morgan fingerprint density at radius 1 is 1.13 bits per heavy atom. The molecule has 2 aromatic rings. The van der Waals surface area contributed by atoms with Crippen LogP contribution in [-0.4, -0.2) is 57.4 Å². The quantitative estimate of drug-likeness (QED) is 0.305. The monoisotopic (exact) mass is 542 g/mol. The summed E-state index contributed by atoms with van der Waals surface area (Å²) in [4.78, 5) is 6.60. The summed E-state index contributed by atoms with van der Waals surface area (Å²) in [5.74, 6) is 1.33. The number of rotatable bonds is 8. The lowest BCUT2D eigenvalue weighted by Crippen LogP contribution is -2.38. The molecular formula is C23H32FIN4O2. The van der Waals surface area contributed by atoms with Gasteiger partial charge in [0.2, 0.25) is 0 Å². The Balaban J connectivity index is 0.00000341. The van der Waals surface area contributed by atoms with Gasteiger partial charge >= 0.3 is 0 Å². The first-order valence-electron chi connectivity index (χ1n) is 10.4. The van der Waals surface area contributed by atoms with Crippen LogP contribution in [0.25, 0.3) is 0 Å². The zero-order valence-electron chi connectivity index (χ0n) is 18.2. The number of halogens is 2. The van der Waals surface area contributed by atoms with Gasteiger partial charge in [-0.05, 0) is 30.2 Å². The fourth-order valence-electron chi connectivity index (χ4n) is 3.23. The molecule has 0 aromatic heterocycles. The average molecular weight is 542 g/mol. The van der Waals surface area contributed by atoms with Gasteiger partial charge < -0.3 is 20.1 Å². The van der Waals surface area contributed by atoms with Gasteiger partial charge in [0.1, 0.15) is 18.2 Å². The fraction of sp³-hybridized carbons (Fsp3) is 0.435. The van der Waals surface area contributed by atoms with Crippen molar-refractivity contribution in [1.82, 2.24) is 15.5 Å². The second kappa shape index (κ2) is 13.5. The lowest BCUT2D eigenvalue weighted by Gasteiger charge is -2.26. The molecule has 1 heterocycles. The van der Waals surface area contributed by atoms with Crippen LogP contribution in [0.15, 0.2) is 47.5 Å². The Hall–Kier alpha value is -1.91. The molecule has 0 amide bonds. The van der Waals surface area contributed by atoms with Crippen molar-refractivity contribution < 1.29 is 13.9 Å². The summed E-state index contributed by atoms with van der Waals surface area (Å²) >= 11 is 0. The molecule has 2 aromatic carbocycles. The van der Waals surface area contributed by atoms with Crippen LogP contribution in [0, 0.1) is 12.7 Å². The van der Waals surface area contributed by atoms with E-state index in [-0.39, 0.29) is 29.8 Å². The van der Waals surface area contributed by atoms with Crippen molar-refractivity contribution in [3.05, 3.63) is 65.0 Å². The molecule has 0 bridgehead atoms. The van der Waals surface area contributed by atoms with Crippen LogP contribution in [0.2, 0.25) is 0 Å². The Labute approximate surface area is 201 Å². The maximum atomic E-state index is 13.7. The molecule has 1 aliphatic rings. The van der Waals surface area contributed by atoms with Crippen molar-refractivity contribution in [2.24, 2.45) is 4.99 Å². The number of guanidine groups is 1. The van der Waals surface area contributed by atoms with Crippen LogP contribution in [0.3, 0.4) is 0 Å². The summed E-state index contributed by atoms with van der Waals surface area (Å²) in [6.07, 6.45) is 0. The predicted octanol–water partition coefficient (Wildman–Crippen LogP) is 3.33. The second-order valence-electron chi connectivity index (χ2n) is 7.27.